The van der Waals surface area contributed by atoms with Gasteiger partial charge < -0.3 is 9.42 Å². The Bertz CT molecular complexity index is 476. The maximum atomic E-state index is 12.2. The molecule has 3 aliphatic rings. The van der Waals surface area contributed by atoms with Crippen LogP contribution in [0.5, 0.6) is 0 Å². The number of hydrogen-bond acceptors (Lipinski definition) is 4. The number of carbonyl (C=O) groups excluding carboxylic acids is 1. The second kappa shape index (κ2) is 3.80. The van der Waals surface area contributed by atoms with E-state index >= 15 is 0 Å². The molecule has 96 valence electrons. The normalized spacial score (nSPS) is 27.8. The monoisotopic (exact) mass is 247 g/mol. The van der Waals surface area contributed by atoms with E-state index in [0.29, 0.717) is 17.7 Å². The Morgan fingerprint density at radius 3 is 2.78 bits per heavy atom. The molecule has 1 aromatic rings. The van der Waals surface area contributed by atoms with Crippen LogP contribution in [0.2, 0.25) is 0 Å². The lowest BCUT2D eigenvalue weighted by atomic mass is 10.2. The zero-order valence-corrected chi connectivity index (χ0v) is 10.3. The van der Waals surface area contributed by atoms with E-state index in [9.17, 15) is 4.79 Å². The maximum absolute atomic E-state index is 12.2. The molecule has 1 amide bonds. The topological polar surface area (TPSA) is 59.2 Å². The Kier molecular flexibility index (Phi) is 2.22. The highest BCUT2D eigenvalue weighted by molar-refractivity contribution is 5.81. The fourth-order valence-corrected chi connectivity index (χ4v) is 2.74. The third-order valence-electron chi connectivity index (χ3n) is 4.15. The first-order valence-electron chi connectivity index (χ1n) is 6.97. The van der Waals surface area contributed by atoms with Crippen molar-refractivity contribution in [3.05, 3.63) is 11.7 Å². The Morgan fingerprint density at radius 1 is 1.22 bits per heavy atom. The largest absolute Gasteiger partial charge is 0.337 e. The van der Waals surface area contributed by atoms with E-state index in [1.54, 1.807) is 0 Å². The smallest absolute Gasteiger partial charge is 0.249 e. The summed E-state index contributed by atoms with van der Waals surface area (Å²) in [7, 11) is 0. The third kappa shape index (κ3) is 1.72. The maximum Gasteiger partial charge on any atom is 0.249 e. The average molecular weight is 247 g/mol. The molecule has 0 aromatic carbocycles. The molecule has 2 aliphatic carbocycles. The lowest BCUT2D eigenvalue weighted by molar-refractivity contribution is -0.133. The van der Waals surface area contributed by atoms with E-state index in [-0.39, 0.29) is 12.0 Å². The van der Waals surface area contributed by atoms with Crippen molar-refractivity contribution in [2.45, 2.75) is 50.5 Å². The van der Waals surface area contributed by atoms with Gasteiger partial charge >= 0.3 is 0 Å². The van der Waals surface area contributed by atoms with Crippen molar-refractivity contribution >= 4 is 5.91 Å². The van der Waals surface area contributed by atoms with Crippen LogP contribution in [0.1, 0.15) is 62.2 Å². The third-order valence-corrected chi connectivity index (χ3v) is 4.15. The summed E-state index contributed by atoms with van der Waals surface area (Å²) in [6.07, 6.45) is 6.47. The van der Waals surface area contributed by atoms with Gasteiger partial charge in [-0.3, -0.25) is 4.79 Å². The summed E-state index contributed by atoms with van der Waals surface area (Å²) in [6, 6.07) is 0.0399. The Labute approximate surface area is 106 Å². The van der Waals surface area contributed by atoms with Gasteiger partial charge in [-0.2, -0.15) is 4.98 Å². The molecule has 1 atom stereocenters. The highest BCUT2D eigenvalue weighted by Gasteiger charge is 2.41. The van der Waals surface area contributed by atoms with E-state index in [2.05, 4.69) is 10.1 Å². The average Bonchev–Trinajstić information content (AvgIpc) is 3.30. The van der Waals surface area contributed by atoms with Crippen molar-refractivity contribution in [1.82, 2.24) is 15.0 Å². The van der Waals surface area contributed by atoms with Crippen LogP contribution in [-0.2, 0) is 4.79 Å². The van der Waals surface area contributed by atoms with Gasteiger partial charge in [-0.1, -0.05) is 5.16 Å². The predicted molar refractivity (Wildman–Crippen MR) is 62.7 cm³/mol. The summed E-state index contributed by atoms with van der Waals surface area (Å²) >= 11 is 0. The highest BCUT2D eigenvalue weighted by atomic mass is 16.5. The molecule has 3 fully saturated rings. The number of rotatable bonds is 3. The first kappa shape index (κ1) is 10.5. The van der Waals surface area contributed by atoms with E-state index in [1.807, 2.05) is 4.90 Å². The van der Waals surface area contributed by atoms with Crippen LogP contribution in [0, 0.1) is 5.92 Å². The van der Waals surface area contributed by atoms with Gasteiger partial charge in [0, 0.05) is 18.4 Å². The van der Waals surface area contributed by atoms with Gasteiger partial charge in [-0.25, -0.2) is 0 Å². The summed E-state index contributed by atoms with van der Waals surface area (Å²) in [5, 5.41) is 4.05. The van der Waals surface area contributed by atoms with Gasteiger partial charge in [-0.05, 0) is 38.5 Å². The van der Waals surface area contributed by atoms with Gasteiger partial charge in [0.15, 0.2) is 5.82 Å². The molecule has 18 heavy (non-hydrogen) atoms. The quantitative estimate of drug-likeness (QED) is 0.820. The van der Waals surface area contributed by atoms with Gasteiger partial charge in [0.25, 0.3) is 0 Å². The minimum atomic E-state index is 0.0399. The Balaban J connectivity index is 1.55. The lowest BCUT2D eigenvalue weighted by Gasteiger charge is -2.21. The number of likely N-dealkylation sites (tertiary alicyclic amines) is 1. The Morgan fingerprint density at radius 2 is 2.06 bits per heavy atom. The summed E-state index contributed by atoms with van der Waals surface area (Å²) in [6.45, 7) is 0.848. The first-order chi connectivity index (χ1) is 8.83. The molecule has 2 saturated carbocycles. The summed E-state index contributed by atoms with van der Waals surface area (Å²) in [5.74, 6) is 2.58. The second-order valence-corrected chi connectivity index (χ2v) is 5.73. The van der Waals surface area contributed by atoms with Crippen LogP contribution in [0.3, 0.4) is 0 Å². The van der Waals surface area contributed by atoms with Crippen molar-refractivity contribution in [2.75, 3.05) is 6.54 Å². The molecule has 1 aromatic heterocycles. The van der Waals surface area contributed by atoms with Crippen LogP contribution in [-0.4, -0.2) is 27.5 Å². The minimum absolute atomic E-state index is 0.0399. The molecule has 5 nitrogen and oxygen atoms in total. The van der Waals surface area contributed by atoms with Crippen molar-refractivity contribution in [1.29, 1.82) is 0 Å². The molecule has 0 bridgehead atoms. The van der Waals surface area contributed by atoms with Gasteiger partial charge in [0.05, 0.1) is 0 Å². The van der Waals surface area contributed by atoms with Crippen LogP contribution in [0.4, 0.5) is 0 Å². The fraction of sp³-hybridized carbons (Fsp3) is 0.769. The van der Waals surface area contributed by atoms with E-state index < -0.39 is 0 Å². The van der Waals surface area contributed by atoms with E-state index in [4.69, 9.17) is 4.52 Å². The Hall–Kier alpha value is -1.39. The van der Waals surface area contributed by atoms with Gasteiger partial charge in [-0.15, -0.1) is 0 Å². The molecule has 4 rings (SSSR count). The van der Waals surface area contributed by atoms with Gasteiger partial charge in [0.1, 0.15) is 6.04 Å². The first-order valence-corrected chi connectivity index (χ1v) is 6.97. The summed E-state index contributed by atoms with van der Waals surface area (Å²) in [5.41, 5.74) is 0. The number of carbonyl (C=O) groups is 1. The van der Waals surface area contributed by atoms with Gasteiger partial charge in [0.2, 0.25) is 11.8 Å². The molecule has 1 unspecified atom stereocenters. The van der Waals surface area contributed by atoms with Crippen LogP contribution < -0.4 is 0 Å². The van der Waals surface area contributed by atoms with E-state index in [0.717, 1.165) is 38.1 Å². The van der Waals surface area contributed by atoms with Crippen LogP contribution >= 0.6 is 0 Å². The molecule has 1 saturated heterocycles. The zero-order valence-electron chi connectivity index (χ0n) is 10.3. The molecular weight excluding hydrogens is 230 g/mol. The minimum Gasteiger partial charge on any atom is -0.337 e. The highest BCUT2D eigenvalue weighted by Crippen LogP contribution is 2.41. The van der Waals surface area contributed by atoms with E-state index in [1.165, 1.54) is 12.8 Å². The predicted octanol–water partition coefficient (Wildman–Crippen LogP) is 2.02. The lowest BCUT2D eigenvalue weighted by Crippen LogP contribution is -2.31. The zero-order chi connectivity index (χ0) is 12.1. The van der Waals surface area contributed by atoms with Crippen LogP contribution in [0.15, 0.2) is 4.52 Å². The molecule has 1 aliphatic heterocycles. The number of nitrogens with zero attached hydrogens (tertiary/aromatic N) is 3. The van der Waals surface area contributed by atoms with Crippen LogP contribution in [0.25, 0.3) is 0 Å². The molecular formula is C13H17N3O2. The van der Waals surface area contributed by atoms with Crippen molar-refractivity contribution in [3.8, 4) is 0 Å². The standard InChI is InChI=1S/C13H17N3O2/c17-13(9-5-6-9)16-7-1-2-10(16)12-14-11(15-18-12)8-3-4-8/h8-10H,1-7H2. The molecule has 0 radical (unpaired) electrons. The fourth-order valence-electron chi connectivity index (χ4n) is 2.74. The summed E-state index contributed by atoms with van der Waals surface area (Å²) < 4.78 is 5.38. The summed E-state index contributed by atoms with van der Waals surface area (Å²) in [4.78, 5) is 18.6. The second-order valence-electron chi connectivity index (χ2n) is 5.73. The molecule has 0 N–H and O–H groups in total. The van der Waals surface area contributed by atoms with Crippen molar-refractivity contribution in [2.24, 2.45) is 5.92 Å². The van der Waals surface area contributed by atoms with Crippen molar-refractivity contribution in [3.63, 3.8) is 0 Å². The number of hydrogen-bond donors (Lipinski definition) is 0. The molecule has 5 heteroatoms. The molecule has 0 spiro atoms. The molecule has 2 heterocycles. The number of amides is 1. The van der Waals surface area contributed by atoms with Crippen molar-refractivity contribution < 1.29 is 9.32 Å². The number of aromatic nitrogens is 2. The SMILES string of the molecule is O=C(C1CC1)N1CCCC1c1nc(C2CC2)no1.